The lowest BCUT2D eigenvalue weighted by molar-refractivity contribution is 0.660. The summed E-state index contributed by atoms with van der Waals surface area (Å²) in [6.07, 6.45) is 0. The lowest BCUT2D eigenvalue weighted by Crippen LogP contribution is -2.15. The van der Waals surface area contributed by atoms with Gasteiger partial charge in [0.25, 0.3) is 0 Å². The second-order valence-corrected chi connectivity index (χ2v) is 10.7. The highest BCUT2D eigenvalue weighted by Gasteiger charge is 2.35. The van der Waals surface area contributed by atoms with Gasteiger partial charge >= 0.3 is 0 Å². The van der Waals surface area contributed by atoms with Crippen LogP contribution in [0.15, 0.2) is 133 Å². The molecule has 0 amide bonds. The molecule has 0 spiro atoms. The molecule has 1 heteroatoms. The van der Waals surface area contributed by atoms with Crippen LogP contribution in [0.2, 0.25) is 0 Å². The summed E-state index contributed by atoms with van der Waals surface area (Å²) < 4.78 is 0. The fourth-order valence-corrected chi connectivity index (χ4v) is 6.15. The van der Waals surface area contributed by atoms with Gasteiger partial charge in [-0.25, -0.2) is 0 Å². The summed E-state index contributed by atoms with van der Waals surface area (Å²) in [5, 5.41) is 6.24. The molecule has 1 N–H and O–H groups in total. The molecular formula is C37H29N. The van der Waals surface area contributed by atoms with E-state index in [1.807, 2.05) is 0 Å². The molecule has 0 bridgehead atoms. The van der Waals surface area contributed by atoms with E-state index >= 15 is 0 Å². The van der Waals surface area contributed by atoms with E-state index in [9.17, 15) is 0 Å². The molecule has 0 saturated heterocycles. The fourth-order valence-electron chi connectivity index (χ4n) is 6.15. The molecule has 0 radical (unpaired) electrons. The van der Waals surface area contributed by atoms with E-state index in [1.165, 1.54) is 55.3 Å². The van der Waals surface area contributed by atoms with Crippen LogP contribution in [-0.4, -0.2) is 0 Å². The Kier molecular flexibility index (Phi) is 5.19. The third-order valence-electron chi connectivity index (χ3n) is 8.04. The quantitative estimate of drug-likeness (QED) is 0.261. The summed E-state index contributed by atoms with van der Waals surface area (Å²) in [5.74, 6) is 0. The van der Waals surface area contributed by atoms with E-state index in [2.05, 4.69) is 153 Å². The van der Waals surface area contributed by atoms with Gasteiger partial charge in [0.1, 0.15) is 0 Å². The van der Waals surface area contributed by atoms with Crippen LogP contribution in [0.1, 0.15) is 25.0 Å². The molecule has 1 nitrogen and oxygen atoms in total. The van der Waals surface area contributed by atoms with Gasteiger partial charge in [-0.15, -0.1) is 0 Å². The smallest absolute Gasteiger partial charge is 0.0390 e. The second kappa shape index (κ2) is 8.75. The Bertz CT molecular complexity index is 1810. The van der Waals surface area contributed by atoms with Crippen LogP contribution in [0.5, 0.6) is 0 Å². The third-order valence-corrected chi connectivity index (χ3v) is 8.04. The molecule has 182 valence electrons. The van der Waals surface area contributed by atoms with Crippen molar-refractivity contribution in [3.05, 3.63) is 145 Å². The Balaban J connectivity index is 1.28. The van der Waals surface area contributed by atoms with Gasteiger partial charge in [-0.2, -0.15) is 0 Å². The fraction of sp³-hybridized carbons (Fsp3) is 0.0811. The van der Waals surface area contributed by atoms with Crippen LogP contribution in [0, 0.1) is 0 Å². The average molecular weight is 488 g/mol. The molecule has 0 aliphatic heterocycles. The predicted octanol–water partition coefficient (Wildman–Crippen LogP) is 10.2. The first-order valence-corrected chi connectivity index (χ1v) is 13.3. The monoisotopic (exact) mass is 487 g/mol. The highest BCUT2D eigenvalue weighted by Crippen LogP contribution is 2.49. The molecular weight excluding hydrogens is 458 g/mol. The van der Waals surface area contributed by atoms with Gasteiger partial charge in [-0.05, 0) is 79.5 Å². The zero-order valence-electron chi connectivity index (χ0n) is 21.7. The molecule has 0 aromatic heterocycles. The Labute approximate surface area is 224 Å². The summed E-state index contributed by atoms with van der Waals surface area (Å²) in [6, 6.07) is 48.2. The lowest BCUT2D eigenvalue weighted by atomic mass is 9.82. The van der Waals surface area contributed by atoms with E-state index in [0.717, 1.165) is 11.4 Å². The molecule has 0 atom stereocenters. The van der Waals surface area contributed by atoms with Crippen molar-refractivity contribution in [2.75, 3.05) is 5.32 Å². The normalized spacial score (nSPS) is 13.2. The molecule has 1 aliphatic rings. The van der Waals surface area contributed by atoms with Crippen molar-refractivity contribution in [2.45, 2.75) is 19.3 Å². The number of anilines is 2. The summed E-state index contributed by atoms with van der Waals surface area (Å²) in [5.41, 5.74) is 12.6. The van der Waals surface area contributed by atoms with Crippen molar-refractivity contribution in [2.24, 2.45) is 0 Å². The minimum atomic E-state index is -0.0116. The van der Waals surface area contributed by atoms with E-state index in [0.29, 0.717) is 0 Å². The zero-order valence-corrected chi connectivity index (χ0v) is 21.7. The minimum absolute atomic E-state index is 0.0116. The van der Waals surface area contributed by atoms with Crippen LogP contribution < -0.4 is 5.32 Å². The lowest BCUT2D eigenvalue weighted by Gasteiger charge is -2.22. The Morgan fingerprint density at radius 3 is 1.87 bits per heavy atom. The largest absolute Gasteiger partial charge is 0.356 e. The number of rotatable bonds is 4. The maximum atomic E-state index is 3.70. The highest BCUT2D eigenvalue weighted by molar-refractivity contribution is 6.06. The predicted molar refractivity (Wildman–Crippen MR) is 162 cm³/mol. The van der Waals surface area contributed by atoms with E-state index in [1.54, 1.807) is 0 Å². The van der Waals surface area contributed by atoms with Crippen molar-refractivity contribution in [1.82, 2.24) is 0 Å². The van der Waals surface area contributed by atoms with E-state index in [4.69, 9.17) is 0 Å². The molecule has 1 aliphatic carbocycles. The first kappa shape index (κ1) is 22.6. The average Bonchev–Trinajstić information content (AvgIpc) is 3.19. The molecule has 7 rings (SSSR count). The van der Waals surface area contributed by atoms with Gasteiger partial charge in [0, 0.05) is 16.8 Å². The van der Waals surface area contributed by atoms with Crippen LogP contribution in [0.3, 0.4) is 0 Å². The van der Waals surface area contributed by atoms with Gasteiger partial charge in [-0.3, -0.25) is 0 Å². The van der Waals surface area contributed by atoms with Crippen molar-refractivity contribution in [3.8, 4) is 33.4 Å². The summed E-state index contributed by atoms with van der Waals surface area (Å²) in [7, 11) is 0. The Morgan fingerprint density at radius 2 is 1.05 bits per heavy atom. The van der Waals surface area contributed by atoms with Gasteiger partial charge in [0.15, 0.2) is 0 Å². The first-order valence-electron chi connectivity index (χ1n) is 13.3. The van der Waals surface area contributed by atoms with E-state index in [-0.39, 0.29) is 5.41 Å². The number of benzene rings is 6. The maximum absolute atomic E-state index is 3.70. The van der Waals surface area contributed by atoms with Crippen molar-refractivity contribution >= 4 is 22.1 Å². The van der Waals surface area contributed by atoms with Crippen molar-refractivity contribution < 1.29 is 0 Å². The number of hydrogen-bond acceptors (Lipinski definition) is 1. The van der Waals surface area contributed by atoms with Crippen molar-refractivity contribution in [1.29, 1.82) is 0 Å². The first-order chi connectivity index (χ1) is 18.6. The van der Waals surface area contributed by atoms with Gasteiger partial charge in [0.2, 0.25) is 0 Å². The number of fused-ring (bicyclic) bond motifs is 4. The summed E-state index contributed by atoms with van der Waals surface area (Å²) in [6.45, 7) is 4.65. The van der Waals surface area contributed by atoms with Gasteiger partial charge in [0.05, 0.1) is 0 Å². The maximum Gasteiger partial charge on any atom is 0.0390 e. The molecule has 6 aromatic rings. The standard InChI is InChI=1S/C37H29N/c1-37(2)34-20-7-6-17-32(34)33-22-21-29(24-35(33)37)38-28-16-8-15-27(23-28)31-19-10-14-26-13-9-18-30(36(26)31)25-11-4-3-5-12-25/h3-24,38H,1-2H3. The third kappa shape index (κ3) is 3.63. The summed E-state index contributed by atoms with van der Waals surface area (Å²) >= 11 is 0. The van der Waals surface area contributed by atoms with Crippen LogP contribution in [-0.2, 0) is 5.41 Å². The molecule has 0 heterocycles. The Hall–Kier alpha value is -4.62. The van der Waals surface area contributed by atoms with Crippen LogP contribution in [0.4, 0.5) is 11.4 Å². The van der Waals surface area contributed by atoms with Crippen LogP contribution in [0.25, 0.3) is 44.2 Å². The summed E-state index contributed by atoms with van der Waals surface area (Å²) in [4.78, 5) is 0. The molecule has 0 saturated carbocycles. The number of hydrogen-bond donors (Lipinski definition) is 1. The number of nitrogens with one attached hydrogen (secondary N) is 1. The zero-order chi connectivity index (χ0) is 25.7. The Morgan fingerprint density at radius 1 is 0.447 bits per heavy atom. The van der Waals surface area contributed by atoms with Gasteiger partial charge < -0.3 is 5.32 Å². The second-order valence-electron chi connectivity index (χ2n) is 10.7. The van der Waals surface area contributed by atoms with Gasteiger partial charge in [-0.1, -0.05) is 123 Å². The molecule has 0 fully saturated rings. The van der Waals surface area contributed by atoms with Crippen molar-refractivity contribution in [3.63, 3.8) is 0 Å². The molecule has 6 aromatic carbocycles. The topological polar surface area (TPSA) is 12.0 Å². The minimum Gasteiger partial charge on any atom is -0.356 e. The van der Waals surface area contributed by atoms with Crippen LogP contribution >= 0.6 is 0 Å². The SMILES string of the molecule is CC1(C)c2ccccc2-c2ccc(Nc3cccc(-c4cccc5cccc(-c6ccccc6)c45)c3)cc21. The van der Waals surface area contributed by atoms with E-state index < -0.39 is 0 Å². The molecule has 0 unspecified atom stereocenters. The highest BCUT2D eigenvalue weighted by atomic mass is 14.9. The molecule has 38 heavy (non-hydrogen) atoms.